The first kappa shape index (κ1) is 8.57. The monoisotopic (exact) mass is 251 g/mol. The van der Waals surface area contributed by atoms with Gasteiger partial charge in [0.05, 0.1) is 0 Å². The molecule has 1 aliphatic rings. The molecule has 0 nitrogen and oxygen atoms in total. The van der Waals surface area contributed by atoms with Crippen LogP contribution in [0.5, 0.6) is 0 Å². The van der Waals surface area contributed by atoms with Crippen LogP contribution in [-0.2, 0) is 0 Å². The molecule has 0 N–H and O–H groups in total. The average molecular weight is 251 g/mol. The molecule has 1 heterocycles. The van der Waals surface area contributed by atoms with Gasteiger partial charge < -0.3 is 0 Å². The van der Waals surface area contributed by atoms with E-state index in [0.717, 1.165) is 11.8 Å². The summed E-state index contributed by atoms with van der Waals surface area (Å²) in [5.74, 6) is 1.93. The summed E-state index contributed by atoms with van der Waals surface area (Å²) in [5.41, 5.74) is 1.50. The van der Waals surface area contributed by atoms with Crippen LogP contribution in [-0.4, -0.2) is 8.86 Å². The van der Waals surface area contributed by atoms with Gasteiger partial charge in [-0.25, -0.2) is 0 Å². The topological polar surface area (TPSA) is 0 Å². The molecule has 0 aromatic heterocycles. The van der Waals surface area contributed by atoms with E-state index in [2.05, 4.69) is 26.8 Å². The van der Waals surface area contributed by atoms with Crippen molar-refractivity contribution in [3.63, 3.8) is 0 Å². The molecule has 0 aliphatic carbocycles. The summed E-state index contributed by atoms with van der Waals surface area (Å²) >= 11 is 0.585. The van der Waals surface area contributed by atoms with Gasteiger partial charge in [0.25, 0.3) is 0 Å². The third kappa shape index (κ3) is 2.26. The molecule has 1 fully saturated rings. The molecule has 0 bridgehead atoms. The Morgan fingerprint density at radius 3 is 2.50 bits per heavy atom. The average Bonchev–Trinajstić information content (AvgIpc) is 2.15. The summed E-state index contributed by atoms with van der Waals surface area (Å²) in [7, 11) is 0. The summed E-state index contributed by atoms with van der Waals surface area (Å²) in [4.78, 5) is 0. The van der Waals surface area contributed by atoms with Crippen molar-refractivity contribution in [3.05, 3.63) is 11.6 Å². The van der Waals surface area contributed by atoms with E-state index in [1.165, 1.54) is 10.0 Å². The minimum absolute atomic E-state index is 0.585. The molecule has 1 heteroatoms. The van der Waals surface area contributed by atoms with Crippen LogP contribution >= 0.6 is 0 Å². The standard InChI is InChI=1S/C9H16I/c1-7(2)4-9-6-10-5-8(9)3/h4,8-9H,5-6H2,1-3H3/q-1. The number of halogens is 1. The Bertz CT molecular complexity index is 134. The van der Waals surface area contributed by atoms with Crippen LogP contribution in [0.15, 0.2) is 11.6 Å². The van der Waals surface area contributed by atoms with E-state index in [1.807, 2.05) is 0 Å². The van der Waals surface area contributed by atoms with E-state index in [4.69, 9.17) is 0 Å². The fourth-order valence-electron chi connectivity index (χ4n) is 1.26. The van der Waals surface area contributed by atoms with E-state index in [9.17, 15) is 0 Å². The molecule has 60 valence electrons. The molecule has 0 saturated carbocycles. The molecule has 0 spiro atoms. The van der Waals surface area contributed by atoms with Gasteiger partial charge >= 0.3 is 74.3 Å². The van der Waals surface area contributed by atoms with E-state index in [0.29, 0.717) is 21.2 Å². The summed E-state index contributed by atoms with van der Waals surface area (Å²) in [6, 6.07) is 0. The van der Waals surface area contributed by atoms with Gasteiger partial charge in [-0.05, 0) is 0 Å². The van der Waals surface area contributed by atoms with Crippen LogP contribution in [0.25, 0.3) is 0 Å². The van der Waals surface area contributed by atoms with Crippen molar-refractivity contribution >= 4 is 0 Å². The van der Waals surface area contributed by atoms with Crippen molar-refractivity contribution < 1.29 is 21.2 Å². The zero-order valence-corrected chi connectivity index (χ0v) is 9.18. The summed E-state index contributed by atoms with van der Waals surface area (Å²) < 4.78 is 3.08. The van der Waals surface area contributed by atoms with E-state index < -0.39 is 0 Å². The number of rotatable bonds is 1. The summed E-state index contributed by atoms with van der Waals surface area (Å²) in [6.45, 7) is 6.82. The third-order valence-electron chi connectivity index (χ3n) is 1.92. The van der Waals surface area contributed by atoms with Gasteiger partial charge in [0.2, 0.25) is 0 Å². The Kier molecular flexibility index (Phi) is 3.21. The quantitative estimate of drug-likeness (QED) is 0.329. The Labute approximate surface area is 74.3 Å². The van der Waals surface area contributed by atoms with Crippen LogP contribution in [0.3, 0.4) is 0 Å². The number of hydrogen-bond donors (Lipinski definition) is 0. The van der Waals surface area contributed by atoms with Gasteiger partial charge in [-0.1, -0.05) is 0 Å². The number of hydrogen-bond acceptors (Lipinski definition) is 0. The van der Waals surface area contributed by atoms with Crippen molar-refractivity contribution in [1.82, 2.24) is 0 Å². The predicted octanol–water partition coefficient (Wildman–Crippen LogP) is -0.692. The van der Waals surface area contributed by atoms with Crippen molar-refractivity contribution in [2.24, 2.45) is 11.8 Å². The molecule has 0 amide bonds. The van der Waals surface area contributed by atoms with Gasteiger partial charge in [0.15, 0.2) is 0 Å². The molecule has 2 unspecified atom stereocenters. The first-order valence-electron chi connectivity index (χ1n) is 3.88. The second-order valence-corrected chi connectivity index (χ2v) is 6.22. The Balaban J connectivity index is 2.48. The van der Waals surface area contributed by atoms with E-state index in [-0.39, 0.29) is 0 Å². The Morgan fingerprint density at radius 2 is 2.10 bits per heavy atom. The first-order valence-corrected chi connectivity index (χ1v) is 6.93. The SMILES string of the molecule is CC(C)=CC1C[I-]CC1C. The third-order valence-corrected chi connectivity index (χ3v) is 5.57. The molecule has 0 radical (unpaired) electrons. The summed E-state index contributed by atoms with van der Waals surface area (Å²) in [6.07, 6.45) is 2.47. The van der Waals surface area contributed by atoms with Gasteiger partial charge in [-0.2, -0.15) is 0 Å². The van der Waals surface area contributed by atoms with Gasteiger partial charge in [0.1, 0.15) is 0 Å². The zero-order valence-electron chi connectivity index (χ0n) is 7.02. The maximum absolute atomic E-state index is 2.47. The van der Waals surface area contributed by atoms with Crippen LogP contribution in [0, 0.1) is 11.8 Å². The van der Waals surface area contributed by atoms with Crippen LogP contribution in [0.1, 0.15) is 20.8 Å². The molecule has 1 aliphatic heterocycles. The first-order chi connectivity index (χ1) is 4.70. The van der Waals surface area contributed by atoms with E-state index >= 15 is 0 Å². The predicted molar refractivity (Wildman–Crippen MR) is 41.8 cm³/mol. The van der Waals surface area contributed by atoms with Crippen molar-refractivity contribution in [3.8, 4) is 0 Å². The number of allylic oxidation sites excluding steroid dienone is 2. The molecular weight excluding hydrogens is 235 g/mol. The van der Waals surface area contributed by atoms with Crippen molar-refractivity contribution in [1.29, 1.82) is 0 Å². The summed E-state index contributed by atoms with van der Waals surface area (Å²) in [5, 5.41) is 0. The van der Waals surface area contributed by atoms with Crippen LogP contribution in [0.2, 0.25) is 0 Å². The van der Waals surface area contributed by atoms with Crippen LogP contribution < -0.4 is 21.2 Å². The molecule has 0 aromatic carbocycles. The van der Waals surface area contributed by atoms with Gasteiger partial charge in [-0.3, -0.25) is 0 Å². The minimum atomic E-state index is 0.585. The Morgan fingerprint density at radius 1 is 1.40 bits per heavy atom. The Hall–Kier alpha value is 0.470. The van der Waals surface area contributed by atoms with Crippen molar-refractivity contribution in [2.45, 2.75) is 20.8 Å². The second kappa shape index (κ2) is 3.74. The molecular formula is C9H16I-. The molecule has 10 heavy (non-hydrogen) atoms. The van der Waals surface area contributed by atoms with Gasteiger partial charge in [-0.15, -0.1) is 0 Å². The number of alkyl halides is 2. The van der Waals surface area contributed by atoms with Crippen molar-refractivity contribution in [2.75, 3.05) is 8.86 Å². The molecule has 0 aromatic rings. The molecule has 1 saturated heterocycles. The van der Waals surface area contributed by atoms with E-state index in [1.54, 1.807) is 4.43 Å². The normalized spacial score (nSPS) is 33.1. The van der Waals surface area contributed by atoms with Crippen LogP contribution in [0.4, 0.5) is 0 Å². The zero-order chi connectivity index (χ0) is 7.56. The molecule has 1 rings (SSSR count). The fraction of sp³-hybridized carbons (Fsp3) is 0.778. The molecule has 2 atom stereocenters. The van der Waals surface area contributed by atoms with Gasteiger partial charge in [0, 0.05) is 0 Å². The maximum atomic E-state index is 2.47. The fourth-order valence-corrected chi connectivity index (χ4v) is 5.10. The second-order valence-electron chi connectivity index (χ2n) is 3.38.